The molecule has 1 unspecified atom stereocenters. The van der Waals surface area contributed by atoms with Gasteiger partial charge in [0.2, 0.25) is 5.91 Å². The lowest BCUT2D eigenvalue weighted by atomic mass is 10.0. The highest BCUT2D eigenvalue weighted by molar-refractivity contribution is 5.93. The van der Waals surface area contributed by atoms with Crippen molar-refractivity contribution < 1.29 is 18.0 Å². The van der Waals surface area contributed by atoms with E-state index in [2.05, 4.69) is 5.32 Å². The van der Waals surface area contributed by atoms with Crippen LogP contribution in [0.5, 0.6) is 0 Å². The molecular formula is C15H19F3N2O. The topological polar surface area (TPSA) is 32.3 Å². The van der Waals surface area contributed by atoms with Crippen LogP contribution >= 0.6 is 0 Å². The largest absolute Gasteiger partial charge is 0.418 e. The Kier molecular flexibility index (Phi) is 4.88. The summed E-state index contributed by atoms with van der Waals surface area (Å²) < 4.78 is 38.6. The summed E-state index contributed by atoms with van der Waals surface area (Å²) in [5.74, 6) is -0.402. The minimum absolute atomic E-state index is 0.132. The van der Waals surface area contributed by atoms with Crippen molar-refractivity contribution >= 4 is 11.6 Å². The summed E-state index contributed by atoms with van der Waals surface area (Å²) in [6, 6.07) is 5.33. The van der Waals surface area contributed by atoms with E-state index in [1.807, 2.05) is 11.8 Å². The monoisotopic (exact) mass is 300 g/mol. The molecule has 1 aliphatic rings. The molecule has 3 nitrogen and oxygen atoms in total. The lowest BCUT2D eigenvalue weighted by molar-refractivity contribution is -0.137. The van der Waals surface area contributed by atoms with Crippen LogP contribution in [0.15, 0.2) is 24.3 Å². The van der Waals surface area contributed by atoms with Crippen LogP contribution < -0.4 is 5.32 Å². The van der Waals surface area contributed by atoms with Gasteiger partial charge in [-0.05, 0) is 38.4 Å². The Bertz CT molecular complexity index is 502. The first kappa shape index (κ1) is 15.8. The molecule has 0 saturated carbocycles. The van der Waals surface area contributed by atoms with Gasteiger partial charge >= 0.3 is 6.18 Å². The van der Waals surface area contributed by atoms with Crippen LogP contribution in [0.1, 0.15) is 31.7 Å². The number of carbonyl (C=O) groups excluding carboxylic acids is 1. The minimum Gasteiger partial charge on any atom is -0.324 e. The van der Waals surface area contributed by atoms with E-state index in [1.165, 1.54) is 18.2 Å². The van der Waals surface area contributed by atoms with Crippen LogP contribution in [0.4, 0.5) is 18.9 Å². The van der Waals surface area contributed by atoms with E-state index in [-0.39, 0.29) is 12.2 Å². The first-order valence-electron chi connectivity index (χ1n) is 7.08. The van der Waals surface area contributed by atoms with Gasteiger partial charge in [-0.15, -0.1) is 0 Å². The van der Waals surface area contributed by atoms with Gasteiger partial charge < -0.3 is 5.32 Å². The first-order chi connectivity index (χ1) is 9.88. The fraction of sp³-hybridized carbons (Fsp3) is 0.533. The van der Waals surface area contributed by atoms with E-state index >= 15 is 0 Å². The highest BCUT2D eigenvalue weighted by Gasteiger charge is 2.33. The van der Waals surface area contributed by atoms with Crippen LogP contribution in [0.25, 0.3) is 0 Å². The molecule has 21 heavy (non-hydrogen) atoms. The number of alkyl halides is 3. The summed E-state index contributed by atoms with van der Waals surface area (Å²) in [7, 11) is 0. The van der Waals surface area contributed by atoms with Gasteiger partial charge in [-0.3, -0.25) is 9.69 Å². The van der Waals surface area contributed by atoms with Crippen molar-refractivity contribution in [1.29, 1.82) is 0 Å². The Morgan fingerprint density at radius 2 is 2.05 bits per heavy atom. The average molecular weight is 300 g/mol. The van der Waals surface area contributed by atoms with Crippen LogP contribution in [0.2, 0.25) is 0 Å². The summed E-state index contributed by atoms with van der Waals surface area (Å²) in [5, 5.41) is 2.38. The number of hydrogen-bond donors (Lipinski definition) is 1. The maximum absolute atomic E-state index is 12.9. The van der Waals surface area contributed by atoms with Gasteiger partial charge in [-0.2, -0.15) is 13.2 Å². The fourth-order valence-corrected chi connectivity index (χ4v) is 2.61. The van der Waals surface area contributed by atoms with Crippen LogP contribution in [0.3, 0.4) is 0 Å². The highest BCUT2D eigenvalue weighted by Crippen LogP contribution is 2.34. The number of nitrogens with one attached hydrogen (secondary N) is 1. The van der Waals surface area contributed by atoms with E-state index in [1.54, 1.807) is 0 Å². The SMILES string of the molecule is CC1CCCCN1CC(=O)Nc1ccccc1C(F)(F)F. The number of benzene rings is 1. The number of nitrogens with zero attached hydrogens (tertiary/aromatic N) is 1. The first-order valence-corrected chi connectivity index (χ1v) is 7.08. The molecule has 116 valence electrons. The maximum Gasteiger partial charge on any atom is 0.418 e. The van der Waals surface area contributed by atoms with E-state index in [9.17, 15) is 18.0 Å². The fourth-order valence-electron chi connectivity index (χ4n) is 2.61. The van der Waals surface area contributed by atoms with Gasteiger partial charge in [-0.25, -0.2) is 0 Å². The number of rotatable bonds is 3. The van der Waals surface area contributed by atoms with Crippen molar-refractivity contribution in [2.45, 2.75) is 38.4 Å². The zero-order valence-electron chi connectivity index (χ0n) is 11.9. The molecule has 6 heteroatoms. The number of carbonyl (C=O) groups is 1. The number of likely N-dealkylation sites (tertiary alicyclic amines) is 1. The van der Waals surface area contributed by atoms with Gasteiger partial charge in [0, 0.05) is 6.04 Å². The second-order valence-corrected chi connectivity index (χ2v) is 5.41. The second kappa shape index (κ2) is 6.47. The standard InChI is InChI=1S/C15H19F3N2O/c1-11-6-4-5-9-20(11)10-14(21)19-13-8-3-2-7-12(13)15(16,17)18/h2-3,7-8,11H,4-6,9-10H2,1H3,(H,19,21). The lowest BCUT2D eigenvalue weighted by Crippen LogP contribution is -2.42. The smallest absolute Gasteiger partial charge is 0.324 e. The van der Waals surface area contributed by atoms with Crippen LogP contribution in [-0.2, 0) is 11.0 Å². The minimum atomic E-state index is -4.47. The van der Waals surface area contributed by atoms with E-state index in [0.717, 1.165) is 31.9 Å². The van der Waals surface area contributed by atoms with Gasteiger partial charge in [0.15, 0.2) is 0 Å². The molecule has 1 aromatic carbocycles. The Hall–Kier alpha value is -1.56. The van der Waals surface area contributed by atoms with Crippen LogP contribution in [0, 0.1) is 0 Å². The molecule has 1 fully saturated rings. The lowest BCUT2D eigenvalue weighted by Gasteiger charge is -2.32. The number of para-hydroxylation sites is 1. The van der Waals surface area contributed by atoms with Crippen molar-refractivity contribution in [2.24, 2.45) is 0 Å². The molecular weight excluding hydrogens is 281 g/mol. The van der Waals surface area contributed by atoms with E-state index < -0.39 is 17.6 Å². The molecule has 1 saturated heterocycles. The number of anilines is 1. The quantitative estimate of drug-likeness (QED) is 0.926. The third-order valence-electron chi connectivity index (χ3n) is 3.79. The number of hydrogen-bond acceptors (Lipinski definition) is 2. The molecule has 0 aliphatic carbocycles. The highest BCUT2D eigenvalue weighted by atomic mass is 19.4. The third-order valence-corrected chi connectivity index (χ3v) is 3.79. The molecule has 2 rings (SSSR count). The Morgan fingerprint density at radius 3 is 2.71 bits per heavy atom. The van der Waals surface area contributed by atoms with Crippen LogP contribution in [-0.4, -0.2) is 29.9 Å². The average Bonchev–Trinajstić information content (AvgIpc) is 2.41. The van der Waals surface area contributed by atoms with Crippen molar-refractivity contribution in [3.05, 3.63) is 29.8 Å². The van der Waals surface area contributed by atoms with Gasteiger partial charge in [0.25, 0.3) is 0 Å². The van der Waals surface area contributed by atoms with Gasteiger partial charge in [0.05, 0.1) is 17.8 Å². The predicted octanol–water partition coefficient (Wildman–Crippen LogP) is 3.52. The van der Waals surface area contributed by atoms with Gasteiger partial charge in [0.1, 0.15) is 0 Å². The second-order valence-electron chi connectivity index (χ2n) is 5.41. The number of halogens is 3. The van der Waals surface area contributed by atoms with Crippen molar-refractivity contribution in [1.82, 2.24) is 4.90 Å². The molecule has 0 aromatic heterocycles. The normalized spacial score (nSPS) is 20.3. The maximum atomic E-state index is 12.9. The number of piperidine rings is 1. The predicted molar refractivity (Wildman–Crippen MR) is 75.0 cm³/mol. The zero-order chi connectivity index (χ0) is 15.5. The molecule has 0 spiro atoms. The summed E-state index contributed by atoms with van der Waals surface area (Å²) in [4.78, 5) is 14.0. The molecule has 1 aliphatic heterocycles. The van der Waals surface area contributed by atoms with Gasteiger partial charge in [-0.1, -0.05) is 18.6 Å². The summed E-state index contributed by atoms with van der Waals surface area (Å²) in [6.07, 6.45) is -1.29. The van der Waals surface area contributed by atoms with E-state index in [0.29, 0.717) is 6.04 Å². The molecule has 1 atom stereocenters. The Morgan fingerprint density at radius 1 is 1.33 bits per heavy atom. The molecule has 0 radical (unpaired) electrons. The molecule has 0 bridgehead atoms. The summed E-state index contributed by atoms with van der Waals surface area (Å²) >= 11 is 0. The molecule has 1 amide bonds. The molecule has 1 N–H and O–H groups in total. The van der Waals surface area contributed by atoms with Crippen molar-refractivity contribution in [2.75, 3.05) is 18.4 Å². The summed E-state index contributed by atoms with van der Waals surface area (Å²) in [6.45, 7) is 2.99. The number of amides is 1. The van der Waals surface area contributed by atoms with Crippen molar-refractivity contribution in [3.8, 4) is 0 Å². The molecule has 1 heterocycles. The Balaban J connectivity index is 2.03. The van der Waals surface area contributed by atoms with Crippen molar-refractivity contribution in [3.63, 3.8) is 0 Å². The zero-order valence-corrected chi connectivity index (χ0v) is 11.9. The summed E-state index contributed by atoms with van der Waals surface area (Å²) in [5.41, 5.74) is -0.996. The third kappa shape index (κ3) is 4.20. The van der Waals surface area contributed by atoms with E-state index in [4.69, 9.17) is 0 Å². The Labute approximate surface area is 122 Å². The molecule has 1 aromatic rings.